The van der Waals surface area contributed by atoms with Crippen LogP contribution in [0.15, 0.2) is 44.4 Å². The molecule has 2 aromatic rings. The van der Waals surface area contributed by atoms with Gasteiger partial charge in [-0.2, -0.15) is 0 Å². The summed E-state index contributed by atoms with van der Waals surface area (Å²) in [6.45, 7) is 2.42. The number of nitrogens with zero attached hydrogens (tertiary/aromatic N) is 2. The number of sulfonamides is 1. The van der Waals surface area contributed by atoms with E-state index in [1.54, 1.807) is 12.1 Å². The molecule has 0 aromatic carbocycles. The smallest absolute Gasteiger partial charge is 0.266 e. The van der Waals surface area contributed by atoms with Crippen LogP contribution in [0.3, 0.4) is 0 Å². The molecule has 0 saturated heterocycles. The van der Waals surface area contributed by atoms with Gasteiger partial charge in [0.25, 0.3) is 10.0 Å². The molecule has 2 heterocycles. The number of rotatable bonds is 5. The highest BCUT2D eigenvalue weighted by atomic mass is 79.9. The molecule has 21 heavy (non-hydrogen) atoms. The summed E-state index contributed by atoms with van der Waals surface area (Å²) in [7, 11) is -3.81. The molecule has 0 aliphatic carbocycles. The van der Waals surface area contributed by atoms with Crippen LogP contribution in [0.1, 0.15) is 6.92 Å². The number of anilines is 2. The van der Waals surface area contributed by atoms with Gasteiger partial charge in [-0.1, -0.05) is 0 Å². The predicted octanol–water partition coefficient (Wildman–Crippen LogP) is 3.23. The summed E-state index contributed by atoms with van der Waals surface area (Å²) in [4.78, 5) is 8.14. The van der Waals surface area contributed by atoms with Crippen molar-refractivity contribution in [3.63, 3.8) is 0 Å². The molecule has 0 amide bonds. The van der Waals surface area contributed by atoms with Crippen molar-refractivity contribution >= 4 is 53.5 Å². The lowest BCUT2D eigenvalue weighted by Crippen LogP contribution is -2.17. The first-order valence-electron chi connectivity index (χ1n) is 5.97. The Morgan fingerprint density at radius 3 is 2.67 bits per heavy atom. The van der Waals surface area contributed by atoms with E-state index in [-0.39, 0.29) is 10.7 Å². The third-order valence-corrected chi connectivity index (χ3v) is 4.87. The van der Waals surface area contributed by atoms with Crippen molar-refractivity contribution in [1.29, 1.82) is 0 Å². The highest BCUT2D eigenvalue weighted by Gasteiger charge is 2.21. The van der Waals surface area contributed by atoms with Gasteiger partial charge < -0.3 is 5.32 Å². The van der Waals surface area contributed by atoms with E-state index < -0.39 is 10.0 Å². The summed E-state index contributed by atoms with van der Waals surface area (Å²) in [6.07, 6.45) is 3.04. The van der Waals surface area contributed by atoms with E-state index >= 15 is 0 Å². The predicted molar refractivity (Wildman–Crippen MR) is 88.8 cm³/mol. The van der Waals surface area contributed by atoms with Crippen molar-refractivity contribution in [3.05, 3.63) is 39.5 Å². The molecule has 2 N–H and O–H groups in total. The van der Waals surface area contributed by atoms with Gasteiger partial charge in [0.05, 0.1) is 4.47 Å². The Balaban J connectivity index is 2.44. The quantitative estimate of drug-likeness (QED) is 0.753. The third-order valence-electron chi connectivity index (χ3n) is 2.44. The van der Waals surface area contributed by atoms with Gasteiger partial charge in [-0.3, -0.25) is 4.72 Å². The van der Waals surface area contributed by atoms with Crippen LogP contribution in [-0.2, 0) is 10.0 Å². The molecule has 0 bridgehead atoms. The summed E-state index contributed by atoms with van der Waals surface area (Å²) < 4.78 is 28.6. The SMILES string of the molecule is CCNc1ncc(Br)cc1S(=O)(=O)Nc1ncccc1Br. The largest absolute Gasteiger partial charge is 0.369 e. The molecule has 2 rings (SSSR count). The number of halogens is 2. The van der Waals surface area contributed by atoms with E-state index in [1.165, 1.54) is 18.5 Å². The third kappa shape index (κ3) is 3.92. The lowest BCUT2D eigenvalue weighted by molar-refractivity contribution is 0.601. The van der Waals surface area contributed by atoms with Gasteiger partial charge in [0.2, 0.25) is 0 Å². The Morgan fingerprint density at radius 1 is 1.24 bits per heavy atom. The molecule has 0 aliphatic rings. The maximum Gasteiger partial charge on any atom is 0.266 e. The molecule has 0 saturated carbocycles. The summed E-state index contributed by atoms with van der Waals surface area (Å²) in [6, 6.07) is 4.89. The average molecular weight is 436 g/mol. The number of pyridine rings is 2. The molecule has 0 aliphatic heterocycles. The topological polar surface area (TPSA) is 84.0 Å². The molecule has 2 aromatic heterocycles. The van der Waals surface area contributed by atoms with E-state index in [1.807, 2.05) is 6.92 Å². The van der Waals surface area contributed by atoms with Gasteiger partial charge in [0.15, 0.2) is 5.82 Å². The monoisotopic (exact) mass is 434 g/mol. The first-order valence-corrected chi connectivity index (χ1v) is 9.03. The minimum atomic E-state index is -3.81. The van der Waals surface area contributed by atoms with Crippen LogP contribution in [0.2, 0.25) is 0 Å². The van der Waals surface area contributed by atoms with Crippen LogP contribution in [-0.4, -0.2) is 24.9 Å². The van der Waals surface area contributed by atoms with Crippen LogP contribution < -0.4 is 10.0 Å². The Hall–Kier alpha value is -1.19. The van der Waals surface area contributed by atoms with Crippen molar-refractivity contribution in [2.45, 2.75) is 11.8 Å². The van der Waals surface area contributed by atoms with Crippen molar-refractivity contribution in [2.24, 2.45) is 0 Å². The second-order valence-corrected chi connectivity index (χ2v) is 7.39. The molecule has 0 radical (unpaired) electrons. The molecular formula is C12H12Br2N4O2S. The highest BCUT2D eigenvalue weighted by Crippen LogP contribution is 2.27. The van der Waals surface area contributed by atoms with Gasteiger partial charge >= 0.3 is 0 Å². The Labute approximate surface area is 139 Å². The lowest BCUT2D eigenvalue weighted by Gasteiger charge is -2.12. The summed E-state index contributed by atoms with van der Waals surface area (Å²) in [5.41, 5.74) is 0. The fourth-order valence-electron chi connectivity index (χ4n) is 1.57. The van der Waals surface area contributed by atoms with Gasteiger partial charge in [0, 0.05) is 23.4 Å². The molecule has 6 nitrogen and oxygen atoms in total. The molecule has 0 fully saturated rings. The van der Waals surface area contributed by atoms with Crippen LogP contribution in [0.4, 0.5) is 11.6 Å². The lowest BCUT2D eigenvalue weighted by atomic mass is 10.4. The maximum atomic E-state index is 12.5. The van der Waals surface area contributed by atoms with E-state index in [2.05, 4.69) is 51.9 Å². The average Bonchev–Trinajstić information content (AvgIpc) is 2.43. The maximum absolute atomic E-state index is 12.5. The fourth-order valence-corrected chi connectivity index (χ4v) is 3.73. The standard InChI is InChI=1S/C12H12Br2N4O2S/c1-2-15-12-10(6-8(13)7-17-12)21(19,20)18-11-9(14)4-3-5-16-11/h3-7H,2H2,1H3,(H,15,17)(H,16,18). The Morgan fingerprint density at radius 2 is 2.00 bits per heavy atom. The van der Waals surface area contributed by atoms with Crippen molar-refractivity contribution < 1.29 is 8.42 Å². The minimum Gasteiger partial charge on any atom is -0.369 e. The molecule has 0 spiro atoms. The molecule has 112 valence electrons. The van der Waals surface area contributed by atoms with Crippen molar-refractivity contribution in [2.75, 3.05) is 16.6 Å². The van der Waals surface area contributed by atoms with E-state index in [9.17, 15) is 8.42 Å². The van der Waals surface area contributed by atoms with Crippen LogP contribution >= 0.6 is 31.9 Å². The van der Waals surface area contributed by atoms with Crippen LogP contribution in [0, 0.1) is 0 Å². The van der Waals surface area contributed by atoms with E-state index in [0.29, 0.717) is 21.3 Å². The van der Waals surface area contributed by atoms with Crippen molar-refractivity contribution in [3.8, 4) is 0 Å². The summed E-state index contributed by atoms with van der Waals surface area (Å²) in [5.74, 6) is 0.514. The number of hydrogen-bond acceptors (Lipinski definition) is 5. The minimum absolute atomic E-state index is 0.0521. The van der Waals surface area contributed by atoms with Crippen LogP contribution in [0.5, 0.6) is 0 Å². The fraction of sp³-hybridized carbons (Fsp3) is 0.167. The van der Waals surface area contributed by atoms with E-state index in [4.69, 9.17) is 0 Å². The van der Waals surface area contributed by atoms with Gasteiger partial charge in [0.1, 0.15) is 10.7 Å². The van der Waals surface area contributed by atoms with Gasteiger partial charge in [-0.05, 0) is 57.0 Å². The van der Waals surface area contributed by atoms with E-state index in [0.717, 1.165) is 0 Å². The molecule has 0 unspecified atom stereocenters. The first kappa shape index (κ1) is 16.2. The zero-order valence-corrected chi connectivity index (χ0v) is 15.0. The second-order valence-electron chi connectivity index (χ2n) is 3.97. The number of hydrogen-bond donors (Lipinski definition) is 2. The number of nitrogens with one attached hydrogen (secondary N) is 2. The molecule has 0 atom stereocenters. The first-order chi connectivity index (χ1) is 9.94. The zero-order chi connectivity index (χ0) is 15.5. The van der Waals surface area contributed by atoms with Crippen molar-refractivity contribution in [1.82, 2.24) is 9.97 Å². The van der Waals surface area contributed by atoms with Gasteiger partial charge in [-0.25, -0.2) is 18.4 Å². The van der Waals surface area contributed by atoms with Crippen LogP contribution in [0.25, 0.3) is 0 Å². The molecule has 9 heteroatoms. The zero-order valence-electron chi connectivity index (χ0n) is 11.0. The van der Waals surface area contributed by atoms with Gasteiger partial charge in [-0.15, -0.1) is 0 Å². The normalized spacial score (nSPS) is 11.2. The Bertz CT molecular complexity index is 753. The molecular weight excluding hydrogens is 424 g/mol. The summed E-state index contributed by atoms with van der Waals surface area (Å²) in [5, 5.41) is 2.93. The number of aromatic nitrogens is 2. The Kier molecular flexibility index (Phi) is 5.17. The second kappa shape index (κ2) is 6.71. The summed E-state index contributed by atoms with van der Waals surface area (Å²) >= 11 is 6.49. The highest BCUT2D eigenvalue weighted by molar-refractivity contribution is 9.10.